The fourth-order valence-corrected chi connectivity index (χ4v) is 2.79. The molecule has 0 spiro atoms. The maximum absolute atomic E-state index is 11.9. The molecule has 0 aliphatic rings. The monoisotopic (exact) mass is 245 g/mol. The Morgan fingerprint density at radius 3 is 2.62 bits per heavy atom. The number of unbranched alkanes of at least 4 members (excludes halogenated alkanes) is 2. The molecule has 0 unspecified atom stereocenters. The highest BCUT2D eigenvalue weighted by atomic mass is 32.2. The Morgan fingerprint density at radius 1 is 1.44 bits per heavy atom. The molecule has 0 aliphatic carbocycles. The number of nitrogens with zero attached hydrogens (tertiary/aromatic N) is 2. The van der Waals surface area contributed by atoms with E-state index in [1.807, 2.05) is 0 Å². The molecule has 1 rings (SSSR count). The lowest BCUT2D eigenvalue weighted by Gasteiger charge is -2.04. The third-order valence-electron chi connectivity index (χ3n) is 2.33. The van der Waals surface area contributed by atoms with E-state index in [2.05, 4.69) is 16.7 Å². The van der Waals surface area contributed by atoms with Crippen LogP contribution in [0.25, 0.3) is 0 Å². The average molecular weight is 245 g/mol. The van der Waals surface area contributed by atoms with Crippen LogP contribution in [0.1, 0.15) is 31.9 Å². The summed E-state index contributed by atoms with van der Waals surface area (Å²) in [7, 11) is -1.67. The molecule has 92 valence electrons. The van der Waals surface area contributed by atoms with Crippen LogP contribution in [0, 0.1) is 6.92 Å². The second kappa shape index (κ2) is 5.45. The fourth-order valence-electron chi connectivity index (χ4n) is 1.50. The lowest BCUT2D eigenvalue weighted by Crippen LogP contribution is -2.25. The molecular formula is C10H19N3O2S. The van der Waals surface area contributed by atoms with Gasteiger partial charge in [0.05, 0.1) is 5.69 Å². The largest absolute Gasteiger partial charge is 0.274 e. The van der Waals surface area contributed by atoms with Crippen LogP contribution >= 0.6 is 0 Å². The summed E-state index contributed by atoms with van der Waals surface area (Å²) in [6.45, 7) is 4.27. The number of aromatic nitrogens is 2. The first-order valence-corrected chi connectivity index (χ1v) is 6.95. The van der Waals surface area contributed by atoms with Crippen LogP contribution in [0.2, 0.25) is 0 Å². The first kappa shape index (κ1) is 13.2. The molecule has 0 bridgehead atoms. The molecule has 0 aromatic carbocycles. The maximum Gasteiger partial charge on any atom is 0.243 e. The summed E-state index contributed by atoms with van der Waals surface area (Å²) >= 11 is 0. The van der Waals surface area contributed by atoms with E-state index in [0.717, 1.165) is 19.3 Å². The first-order chi connectivity index (χ1) is 7.47. The predicted molar refractivity (Wildman–Crippen MR) is 62.7 cm³/mol. The zero-order valence-corrected chi connectivity index (χ0v) is 10.8. The van der Waals surface area contributed by atoms with Crippen LogP contribution in [-0.4, -0.2) is 24.7 Å². The standard InChI is InChI=1S/C10H19N3O2S/c1-4-5-6-7-11-16(14,15)10-8-13(3)12-9(10)2/h8,11H,4-7H2,1-3H3. The van der Waals surface area contributed by atoms with Crippen LogP contribution in [0.4, 0.5) is 0 Å². The highest BCUT2D eigenvalue weighted by Crippen LogP contribution is 2.12. The van der Waals surface area contributed by atoms with Gasteiger partial charge in [-0.25, -0.2) is 13.1 Å². The first-order valence-electron chi connectivity index (χ1n) is 5.47. The third kappa shape index (κ3) is 3.31. The molecule has 5 nitrogen and oxygen atoms in total. The summed E-state index contributed by atoms with van der Waals surface area (Å²) in [6.07, 6.45) is 4.51. The minimum Gasteiger partial charge on any atom is -0.274 e. The Hall–Kier alpha value is -0.880. The number of rotatable bonds is 6. The minimum absolute atomic E-state index is 0.270. The van der Waals surface area contributed by atoms with Gasteiger partial charge >= 0.3 is 0 Å². The maximum atomic E-state index is 11.9. The second-order valence-corrected chi connectivity index (χ2v) is 5.59. The van der Waals surface area contributed by atoms with Gasteiger partial charge in [-0.15, -0.1) is 0 Å². The van der Waals surface area contributed by atoms with E-state index in [1.54, 1.807) is 14.0 Å². The van der Waals surface area contributed by atoms with Crippen molar-refractivity contribution in [1.29, 1.82) is 0 Å². The molecular weight excluding hydrogens is 226 g/mol. The third-order valence-corrected chi connectivity index (χ3v) is 3.89. The van der Waals surface area contributed by atoms with E-state index >= 15 is 0 Å². The van der Waals surface area contributed by atoms with Crippen molar-refractivity contribution in [2.24, 2.45) is 7.05 Å². The van der Waals surface area contributed by atoms with Crippen molar-refractivity contribution in [2.75, 3.05) is 6.54 Å². The zero-order chi connectivity index (χ0) is 12.2. The minimum atomic E-state index is -3.38. The molecule has 6 heteroatoms. The van der Waals surface area contributed by atoms with Crippen LogP contribution in [0.5, 0.6) is 0 Å². The normalized spacial score (nSPS) is 11.9. The molecule has 1 N–H and O–H groups in total. The average Bonchev–Trinajstić information content (AvgIpc) is 2.53. The Labute approximate surface area is 96.9 Å². The van der Waals surface area contributed by atoms with Gasteiger partial charge < -0.3 is 0 Å². The van der Waals surface area contributed by atoms with Crippen LogP contribution in [0.15, 0.2) is 11.1 Å². The number of hydrogen-bond acceptors (Lipinski definition) is 3. The van der Waals surface area contributed by atoms with Crippen molar-refractivity contribution in [2.45, 2.75) is 38.0 Å². The summed E-state index contributed by atoms with van der Waals surface area (Å²) in [5.74, 6) is 0. The van der Waals surface area contributed by atoms with Crippen molar-refractivity contribution < 1.29 is 8.42 Å². The summed E-state index contributed by atoms with van der Waals surface area (Å²) in [5.41, 5.74) is 0.533. The quantitative estimate of drug-likeness (QED) is 0.766. The Morgan fingerprint density at radius 2 is 2.12 bits per heavy atom. The predicted octanol–water partition coefficient (Wildman–Crippen LogP) is 1.20. The van der Waals surface area contributed by atoms with Gasteiger partial charge in [0.2, 0.25) is 10.0 Å². The topological polar surface area (TPSA) is 64.0 Å². The fraction of sp³-hybridized carbons (Fsp3) is 0.700. The highest BCUT2D eigenvalue weighted by Gasteiger charge is 2.18. The summed E-state index contributed by atoms with van der Waals surface area (Å²) in [4.78, 5) is 0.270. The molecule has 0 aliphatic heterocycles. The van der Waals surface area contributed by atoms with Crippen molar-refractivity contribution >= 4 is 10.0 Å². The smallest absolute Gasteiger partial charge is 0.243 e. The van der Waals surface area contributed by atoms with Gasteiger partial charge in [-0.3, -0.25) is 4.68 Å². The van der Waals surface area contributed by atoms with Gasteiger partial charge in [-0.2, -0.15) is 5.10 Å². The van der Waals surface area contributed by atoms with Gasteiger partial charge in [-0.05, 0) is 13.3 Å². The van der Waals surface area contributed by atoms with Crippen molar-refractivity contribution in [1.82, 2.24) is 14.5 Å². The van der Waals surface area contributed by atoms with Gasteiger partial charge in [0, 0.05) is 19.8 Å². The van der Waals surface area contributed by atoms with Crippen LogP contribution in [-0.2, 0) is 17.1 Å². The Balaban J connectivity index is 2.67. The molecule has 1 aromatic rings. The molecule has 0 amide bonds. The Bertz CT molecular complexity index is 437. The van der Waals surface area contributed by atoms with Gasteiger partial charge in [-0.1, -0.05) is 19.8 Å². The zero-order valence-electron chi connectivity index (χ0n) is 10.0. The van der Waals surface area contributed by atoms with Gasteiger partial charge in [0.25, 0.3) is 0 Å². The van der Waals surface area contributed by atoms with Gasteiger partial charge in [0.1, 0.15) is 4.90 Å². The molecule has 0 saturated carbocycles. The molecule has 0 fully saturated rings. The molecule has 1 heterocycles. The van der Waals surface area contributed by atoms with E-state index in [0.29, 0.717) is 12.2 Å². The summed E-state index contributed by atoms with van der Waals surface area (Å²) in [6, 6.07) is 0. The number of sulfonamides is 1. The van der Waals surface area contributed by atoms with Crippen LogP contribution < -0.4 is 4.72 Å². The lowest BCUT2D eigenvalue weighted by molar-refractivity contribution is 0.575. The summed E-state index contributed by atoms with van der Waals surface area (Å²) in [5, 5.41) is 4.02. The van der Waals surface area contributed by atoms with E-state index in [9.17, 15) is 8.42 Å². The lowest BCUT2D eigenvalue weighted by atomic mass is 10.3. The number of hydrogen-bond donors (Lipinski definition) is 1. The van der Waals surface area contributed by atoms with Crippen molar-refractivity contribution in [3.05, 3.63) is 11.9 Å². The van der Waals surface area contributed by atoms with Crippen molar-refractivity contribution in [3.63, 3.8) is 0 Å². The van der Waals surface area contributed by atoms with E-state index < -0.39 is 10.0 Å². The second-order valence-electron chi connectivity index (χ2n) is 3.86. The summed E-state index contributed by atoms with van der Waals surface area (Å²) < 4.78 is 27.8. The Kier molecular flexibility index (Phi) is 4.49. The van der Waals surface area contributed by atoms with E-state index in [1.165, 1.54) is 10.9 Å². The molecule has 16 heavy (non-hydrogen) atoms. The SMILES string of the molecule is CCCCCNS(=O)(=O)c1cn(C)nc1C. The van der Waals surface area contributed by atoms with E-state index in [4.69, 9.17) is 0 Å². The van der Waals surface area contributed by atoms with Crippen molar-refractivity contribution in [3.8, 4) is 0 Å². The van der Waals surface area contributed by atoms with Gasteiger partial charge in [0.15, 0.2) is 0 Å². The van der Waals surface area contributed by atoms with E-state index in [-0.39, 0.29) is 4.90 Å². The highest BCUT2D eigenvalue weighted by molar-refractivity contribution is 7.89. The van der Waals surface area contributed by atoms with Crippen LogP contribution in [0.3, 0.4) is 0 Å². The molecule has 0 atom stereocenters. The molecule has 1 aromatic heterocycles. The molecule has 0 saturated heterocycles. The molecule has 0 radical (unpaired) electrons. The number of aryl methyl sites for hydroxylation is 2. The number of nitrogens with one attached hydrogen (secondary N) is 1.